The molecular weight excluding hydrogens is 414 g/mol. The number of hydrogen-bond acceptors (Lipinski definition) is 5. The van der Waals surface area contributed by atoms with Crippen molar-refractivity contribution in [1.29, 1.82) is 0 Å². The predicted octanol–water partition coefficient (Wildman–Crippen LogP) is 2.82. The van der Waals surface area contributed by atoms with Crippen LogP contribution in [0.3, 0.4) is 0 Å². The van der Waals surface area contributed by atoms with Gasteiger partial charge in [-0.2, -0.15) is 0 Å². The number of amides is 1. The Morgan fingerprint density at radius 3 is 2.48 bits per heavy atom. The molecule has 2 fully saturated rings. The van der Waals surface area contributed by atoms with E-state index < -0.39 is 0 Å². The highest BCUT2D eigenvalue weighted by atomic mass is 16.5. The number of benzene rings is 2. The predicted molar refractivity (Wildman–Crippen MR) is 130 cm³/mol. The fourth-order valence-electron chi connectivity index (χ4n) is 4.97. The second-order valence-corrected chi connectivity index (χ2v) is 9.27. The fraction of sp³-hybridized carbons (Fsp3) is 0.519. The van der Waals surface area contributed by atoms with Crippen molar-refractivity contribution in [2.75, 3.05) is 59.6 Å². The molecule has 33 heavy (non-hydrogen) atoms. The van der Waals surface area contributed by atoms with Gasteiger partial charge in [-0.25, -0.2) is 0 Å². The van der Waals surface area contributed by atoms with Crippen LogP contribution in [0.15, 0.2) is 54.6 Å². The van der Waals surface area contributed by atoms with Crippen LogP contribution < -0.4 is 10.1 Å². The summed E-state index contributed by atoms with van der Waals surface area (Å²) in [5.74, 6) is 1.53. The Morgan fingerprint density at radius 1 is 1.00 bits per heavy atom. The largest absolute Gasteiger partial charge is 0.497 e. The first-order valence-electron chi connectivity index (χ1n) is 12.2. The molecule has 1 N–H and O–H groups in total. The minimum Gasteiger partial charge on any atom is -0.497 e. The maximum atomic E-state index is 13.2. The van der Waals surface area contributed by atoms with Crippen molar-refractivity contribution in [1.82, 2.24) is 15.1 Å². The molecule has 4 rings (SSSR count). The van der Waals surface area contributed by atoms with Crippen LogP contribution in [-0.2, 0) is 22.5 Å². The van der Waals surface area contributed by atoms with Gasteiger partial charge in [-0.05, 0) is 42.0 Å². The molecule has 0 aromatic heterocycles. The summed E-state index contributed by atoms with van der Waals surface area (Å²) >= 11 is 0. The molecule has 0 bridgehead atoms. The van der Waals surface area contributed by atoms with E-state index in [1.165, 1.54) is 5.56 Å². The Hall–Kier alpha value is -2.41. The molecule has 0 radical (unpaired) electrons. The van der Waals surface area contributed by atoms with E-state index in [0.717, 1.165) is 76.6 Å². The number of piperidine rings is 1. The molecule has 6 heteroatoms. The van der Waals surface area contributed by atoms with Crippen molar-refractivity contribution in [2.24, 2.45) is 11.8 Å². The molecule has 6 nitrogen and oxygen atoms in total. The van der Waals surface area contributed by atoms with Gasteiger partial charge in [0, 0.05) is 45.8 Å². The standard InChI is InChI=1S/C27H37N3O3/c1-32-26-9-7-23(8-10-26)18-28-27(31)25-17-24(19-29-13-15-33-16-14-29)20-30(21-25)12-11-22-5-3-2-4-6-22/h2-10,24-25H,11-21H2,1H3,(H,28,31)/t24-,25-/m1/s1. The highest BCUT2D eigenvalue weighted by Crippen LogP contribution is 2.24. The summed E-state index contributed by atoms with van der Waals surface area (Å²) in [7, 11) is 1.66. The van der Waals surface area contributed by atoms with Gasteiger partial charge in [0.25, 0.3) is 0 Å². The number of nitrogens with zero attached hydrogens (tertiary/aromatic N) is 2. The van der Waals surface area contributed by atoms with Gasteiger partial charge < -0.3 is 19.7 Å². The SMILES string of the molecule is COc1ccc(CNC(=O)[C@@H]2C[C@H](CN3CCOCC3)CN(CCc3ccccc3)C2)cc1. The molecule has 0 unspecified atom stereocenters. The molecule has 2 aromatic rings. The lowest BCUT2D eigenvalue weighted by Crippen LogP contribution is -2.50. The molecule has 2 aromatic carbocycles. The van der Waals surface area contributed by atoms with E-state index in [9.17, 15) is 4.79 Å². The van der Waals surface area contributed by atoms with Crippen molar-refractivity contribution >= 4 is 5.91 Å². The van der Waals surface area contributed by atoms with Crippen LogP contribution in [0.5, 0.6) is 5.75 Å². The van der Waals surface area contributed by atoms with Crippen LogP contribution in [-0.4, -0.2) is 75.3 Å². The highest BCUT2D eigenvalue weighted by Gasteiger charge is 2.32. The number of carbonyl (C=O) groups is 1. The van der Waals surface area contributed by atoms with E-state index in [0.29, 0.717) is 12.5 Å². The van der Waals surface area contributed by atoms with E-state index in [-0.39, 0.29) is 11.8 Å². The molecule has 2 heterocycles. The Bertz CT molecular complexity index is 853. The van der Waals surface area contributed by atoms with E-state index >= 15 is 0 Å². The van der Waals surface area contributed by atoms with Gasteiger partial charge >= 0.3 is 0 Å². The Balaban J connectivity index is 1.35. The van der Waals surface area contributed by atoms with Crippen LogP contribution >= 0.6 is 0 Å². The third kappa shape index (κ3) is 7.29. The molecule has 1 amide bonds. The average molecular weight is 452 g/mol. The second kappa shape index (κ2) is 12.2. The number of rotatable bonds is 9. The highest BCUT2D eigenvalue weighted by molar-refractivity contribution is 5.79. The lowest BCUT2D eigenvalue weighted by atomic mass is 9.87. The number of ether oxygens (including phenoxy) is 2. The summed E-state index contributed by atoms with van der Waals surface area (Å²) in [5, 5.41) is 3.18. The van der Waals surface area contributed by atoms with Crippen molar-refractivity contribution in [2.45, 2.75) is 19.4 Å². The number of carbonyl (C=O) groups excluding carboxylic acids is 1. The van der Waals surface area contributed by atoms with Gasteiger partial charge in [-0.15, -0.1) is 0 Å². The van der Waals surface area contributed by atoms with Crippen molar-refractivity contribution < 1.29 is 14.3 Å². The van der Waals surface area contributed by atoms with E-state index in [1.54, 1.807) is 7.11 Å². The average Bonchev–Trinajstić information content (AvgIpc) is 2.87. The quantitative estimate of drug-likeness (QED) is 0.636. The van der Waals surface area contributed by atoms with Crippen LogP contribution in [0, 0.1) is 11.8 Å². The van der Waals surface area contributed by atoms with E-state index in [2.05, 4.69) is 45.4 Å². The third-order valence-electron chi connectivity index (χ3n) is 6.79. The summed E-state index contributed by atoms with van der Waals surface area (Å²) in [4.78, 5) is 18.2. The second-order valence-electron chi connectivity index (χ2n) is 9.27. The lowest BCUT2D eigenvalue weighted by Gasteiger charge is -2.40. The van der Waals surface area contributed by atoms with E-state index in [1.807, 2.05) is 24.3 Å². The Labute approximate surface area is 197 Å². The van der Waals surface area contributed by atoms with Gasteiger partial charge in [0.1, 0.15) is 5.75 Å². The summed E-state index contributed by atoms with van der Waals surface area (Å²) in [6.07, 6.45) is 1.97. The lowest BCUT2D eigenvalue weighted by molar-refractivity contribution is -0.127. The van der Waals surface area contributed by atoms with E-state index in [4.69, 9.17) is 9.47 Å². The Morgan fingerprint density at radius 2 is 1.76 bits per heavy atom. The van der Waals surface area contributed by atoms with Gasteiger partial charge in [0.2, 0.25) is 5.91 Å². The van der Waals surface area contributed by atoms with Gasteiger partial charge in [-0.3, -0.25) is 9.69 Å². The summed E-state index contributed by atoms with van der Waals surface area (Å²) < 4.78 is 10.7. The smallest absolute Gasteiger partial charge is 0.224 e. The van der Waals surface area contributed by atoms with Crippen LogP contribution in [0.25, 0.3) is 0 Å². The van der Waals surface area contributed by atoms with Crippen molar-refractivity contribution in [3.8, 4) is 5.75 Å². The minimum atomic E-state index is 0.0267. The molecule has 178 valence electrons. The maximum Gasteiger partial charge on any atom is 0.224 e. The fourth-order valence-corrected chi connectivity index (χ4v) is 4.97. The molecule has 0 spiro atoms. The number of hydrogen-bond donors (Lipinski definition) is 1. The topological polar surface area (TPSA) is 54.0 Å². The van der Waals surface area contributed by atoms with Crippen LogP contribution in [0.4, 0.5) is 0 Å². The summed E-state index contributed by atoms with van der Waals surface area (Å²) in [6, 6.07) is 18.5. The number of likely N-dealkylation sites (tertiary alicyclic amines) is 1. The van der Waals surface area contributed by atoms with Gasteiger partial charge in [0.05, 0.1) is 26.2 Å². The number of morpholine rings is 1. The molecule has 2 aliphatic rings. The summed E-state index contributed by atoms with van der Waals surface area (Å²) in [5.41, 5.74) is 2.44. The summed E-state index contributed by atoms with van der Waals surface area (Å²) in [6.45, 7) is 8.11. The molecule has 2 aliphatic heterocycles. The zero-order chi connectivity index (χ0) is 22.9. The third-order valence-corrected chi connectivity index (χ3v) is 6.79. The molecular formula is C27H37N3O3. The molecule has 2 atom stereocenters. The maximum absolute atomic E-state index is 13.2. The first-order chi connectivity index (χ1) is 16.2. The molecule has 2 saturated heterocycles. The zero-order valence-corrected chi connectivity index (χ0v) is 19.7. The monoisotopic (exact) mass is 451 g/mol. The first kappa shape index (κ1) is 23.7. The van der Waals surface area contributed by atoms with Crippen LogP contribution in [0.1, 0.15) is 17.5 Å². The van der Waals surface area contributed by atoms with Crippen molar-refractivity contribution in [3.63, 3.8) is 0 Å². The minimum absolute atomic E-state index is 0.0267. The van der Waals surface area contributed by atoms with Crippen molar-refractivity contribution in [3.05, 3.63) is 65.7 Å². The Kier molecular flexibility index (Phi) is 8.75. The van der Waals surface area contributed by atoms with Gasteiger partial charge in [-0.1, -0.05) is 42.5 Å². The molecule has 0 saturated carbocycles. The molecule has 0 aliphatic carbocycles. The first-order valence-corrected chi connectivity index (χ1v) is 12.2. The van der Waals surface area contributed by atoms with Crippen LogP contribution in [0.2, 0.25) is 0 Å². The zero-order valence-electron chi connectivity index (χ0n) is 19.7. The number of methoxy groups -OCH3 is 1. The van der Waals surface area contributed by atoms with Gasteiger partial charge in [0.15, 0.2) is 0 Å². The normalized spacial score (nSPS) is 22.1. The number of nitrogens with one attached hydrogen (secondary N) is 1.